The highest BCUT2D eigenvalue weighted by atomic mass is 35.5. The zero-order valence-electron chi connectivity index (χ0n) is 26.1. The number of hydrogen-bond donors (Lipinski definition) is 1. The van der Waals surface area contributed by atoms with Crippen molar-refractivity contribution in [1.82, 2.24) is 24.3 Å². The van der Waals surface area contributed by atoms with E-state index >= 15 is 0 Å². The number of halogens is 1. The van der Waals surface area contributed by atoms with Crippen LogP contribution < -0.4 is 5.32 Å². The minimum absolute atomic E-state index is 0.0810. The van der Waals surface area contributed by atoms with E-state index in [1.54, 1.807) is 0 Å². The van der Waals surface area contributed by atoms with Crippen LogP contribution in [0.3, 0.4) is 0 Å². The third-order valence-electron chi connectivity index (χ3n) is 8.48. The van der Waals surface area contributed by atoms with E-state index in [9.17, 15) is 9.59 Å². The summed E-state index contributed by atoms with van der Waals surface area (Å²) in [6, 6.07) is 31.2. The van der Waals surface area contributed by atoms with Crippen molar-refractivity contribution in [3.8, 4) is 17.1 Å². The number of nitrogens with one attached hydrogen (secondary N) is 1. The van der Waals surface area contributed by atoms with E-state index in [0.29, 0.717) is 27.4 Å². The Morgan fingerprint density at radius 1 is 0.857 bits per heavy atom. The van der Waals surface area contributed by atoms with Gasteiger partial charge in [0.2, 0.25) is 11.8 Å². The van der Waals surface area contributed by atoms with Crippen LogP contribution >= 0.6 is 46.5 Å². The zero-order chi connectivity index (χ0) is 33.3. The monoisotopic (exact) mass is 720 g/mol. The van der Waals surface area contributed by atoms with Gasteiger partial charge in [0, 0.05) is 33.0 Å². The van der Waals surface area contributed by atoms with Crippen LogP contribution in [0.1, 0.15) is 28.9 Å². The Morgan fingerprint density at radius 2 is 1.65 bits per heavy atom. The van der Waals surface area contributed by atoms with Crippen molar-refractivity contribution < 1.29 is 9.59 Å². The molecule has 0 unspecified atom stereocenters. The average Bonchev–Trinajstić information content (AvgIpc) is 3.84. The Morgan fingerprint density at radius 3 is 2.51 bits per heavy atom. The van der Waals surface area contributed by atoms with Gasteiger partial charge >= 0.3 is 0 Å². The molecule has 7 aromatic rings. The summed E-state index contributed by atoms with van der Waals surface area (Å²) < 4.78 is 5.66. The molecule has 0 bridgehead atoms. The second-order valence-electron chi connectivity index (χ2n) is 11.7. The van der Waals surface area contributed by atoms with E-state index < -0.39 is 0 Å². The van der Waals surface area contributed by atoms with Crippen molar-refractivity contribution in [1.29, 1.82) is 0 Å². The lowest BCUT2D eigenvalue weighted by Crippen LogP contribution is -2.18. The third kappa shape index (κ3) is 6.51. The molecule has 12 heteroatoms. The van der Waals surface area contributed by atoms with E-state index in [1.807, 2.05) is 88.0 Å². The van der Waals surface area contributed by atoms with Crippen LogP contribution in [0.25, 0.3) is 38.2 Å². The van der Waals surface area contributed by atoms with Crippen LogP contribution in [-0.4, -0.2) is 47.6 Å². The smallest absolute Gasteiger partial charge is 0.241 e. The van der Waals surface area contributed by atoms with Crippen molar-refractivity contribution in [3.05, 3.63) is 113 Å². The highest BCUT2D eigenvalue weighted by Crippen LogP contribution is 2.35. The summed E-state index contributed by atoms with van der Waals surface area (Å²) in [6.07, 6.45) is 4.24. The number of para-hydroxylation sites is 2. The van der Waals surface area contributed by atoms with Crippen molar-refractivity contribution in [2.45, 2.75) is 35.2 Å². The number of rotatable bonds is 9. The predicted molar refractivity (Wildman–Crippen MR) is 201 cm³/mol. The number of amides is 1. The Bertz CT molecular complexity index is 2330. The van der Waals surface area contributed by atoms with E-state index in [0.717, 1.165) is 50.6 Å². The molecule has 0 fully saturated rings. The maximum Gasteiger partial charge on any atom is 0.241 e. The Hall–Kier alpha value is -4.42. The van der Waals surface area contributed by atoms with Gasteiger partial charge in [0.25, 0.3) is 0 Å². The van der Waals surface area contributed by atoms with E-state index in [2.05, 4.69) is 33.7 Å². The summed E-state index contributed by atoms with van der Waals surface area (Å²) in [7, 11) is 0. The predicted octanol–water partition coefficient (Wildman–Crippen LogP) is 9.19. The van der Waals surface area contributed by atoms with Crippen LogP contribution in [-0.2, 0) is 17.6 Å². The maximum absolute atomic E-state index is 13.6. The van der Waals surface area contributed by atoms with Gasteiger partial charge in [0.15, 0.2) is 15.3 Å². The molecule has 8 nitrogen and oxygen atoms in total. The first-order valence-electron chi connectivity index (χ1n) is 15.9. The quantitative estimate of drug-likeness (QED) is 0.149. The fourth-order valence-corrected chi connectivity index (χ4v) is 9.13. The molecular formula is C37H29ClN6O2S3. The topological polar surface area (TPSA) is 94.7 Å². The lowest BCUT2D eigenvalue weighted by Gasteiger charge is -2.14. The molecule has 1 N–H and O–H groups in total. The fourth-order valence-electron chi connectivity index (χ4n) is 6.30. The second kappa shape index (κ2) is 13.8. The molecule has 0 spiro atoms. The molecule has 0 aliphatic heterocycles. The third-order valence-corrected chi connectivity index (χ3v) is 11.8. The lowest BCUT2D eigenvalue weighted by molar-refractivity contribution is -0.113. The van der Waals surface area contributed by atoms with E-state index in [4.69, 9.17) is 16.6 Å². The van der Waals surface area contributed by atoms with Crippen LogP contribution in [0, 0.1) is 0 Å². The number of carbonyl (C=O) groups excluding carboxylic acids is 2. The number of benzene rings is 4. The van der Waals surface area contributed by atoms with Gasteiger partial charge in [-0.15, -0.1) is 21.5 Å². The maximum atomic E-state index is 13.6. The zero-order valence-corrected chi connectivity index (χ0v) is 29.3. The van der Waals surface area contributed by atoms with Gasteiger partial charge in [-0.2, -0.15) is 0 Å². The number of fused-ring (bicyclic) bond motifs is 4. The molecule has 0 radical (unpaired) electrons. The van der Waals surface area contributed by atoms with Gasteiger partial charge in [0.1, 0.15) is 0 Å². The summed E-state index contributed by atoms with van der Waals surface area (Å²) in [5.41, 5.74) is 6.79. The molecule has 0 saturated carbocycles. The average molecular weight is 721 g/mol. The first-order valence-corrected chi connectivity index (χ1v) is 19.1. The molecule has 1 aliphatic carbocycles. The summed E-state index contributed by atoms with van der Waals surface area (Å²) in [4.78, 5) is 31.4. The largest absolute Gasteiger partial charge is 0.325 e. The highest BCUT2D eigenvalue weighted by molar-refractivity contribution is 8.01. The molecule has 49 heavy (non-hydrogen) atoms. The Balaban J connectivity index is 0.940. The SMILES string of the molecule is O=C(CSc1nnc(-c2ccc(Cl)cc2)n1-c1ccccc1)Nc1ccc2nc(SCC(=O)n3c4c(c5ccccc53)CCCC4)sc2c1. The van der Waals surface area contributed by atoms with E-state index in [1.165, 1.54) is 57.9 Å². The van der Waals surface area contributed by atoms with Crippen molar-refractivity contribution in [3.63, 3.8) is 0 Å². The van der Waals surface area contributed by atoms with Gasteiger partial charge in [-0.3, -0.25) is 18.7 Å². The summed E-state index contributed by atoms with van der Waals surface area (Å²) >= 11 is 10.4. The van der Waals surface area contributed by atoms with Crippen LogP contribution in [0.15, 0.2) is 107 Å². The normalized spacial score (nSPS) is 12.8. The van der Waals surface area contributed by atoms with Crippen molar-refractivity contribution in [2.24, 2.45) is 0 Å². The molecule has 3 aromatic heterocycles. The number of nitrogens with zero attached hydrogens (tertiary/aromatic N) is 5. The van der Waals surface area contributed by atoms with Gasteiger partial charge < -0.3 is 5.32 Å². The highest BCUT2D eigenvalue weighted by Gasteiger charge is 2.24. The minimum atomic E-state index is -0.160. The first-order chi connectivity index (χ1) is 24.0. The second-order valence-corrected chi connectivity index (χ2v) is 15.3. The van der Waals surface area contributed by atoms with Gasteiger partial charge in [0.05, 0.1) is 27.2 Å². The summed E-state index contributed by atoms with van der Waals surface area (Å²) in [5.74, 6) is 1.04. The molecule has 0 saturated heterocycles. The molecule has 4 aromatic carbocycles. The fraction of sp³-hybridized carbons (Fsp3) is 0.162. The summed E-state index contributed by atoms with van der Waals surface area (Å²) in [5, 5.41) is 14.3. The van der Waals surface area contributed by atoms with Crippen molar-refractivity contribution >= 4 is 85.1 Å². The molecule has 3 heterocycles. The minimum Gasteiger partial charge on any atom is -0.325 e. The standard InChI is InChI=1S/C37H29ClN6O2S3/c38-24-16-14-23(15-17-24)35-41-42-36(43(35)26-8-2-1-3-9-26)47-21-33(45)39-25-18-19-29-32(20-25)49-37(40-29)48-22-34(46)44-30-12-6-4-10-27(30)28-11-5-7-13-31(28)44/h1-4,6,8-10,12,14-20H,5,7,11,13,21-22H2,(H,39,45). The van der Waals surface area contributed by atoms with Gasteiger partial charge in [-0.25, -0.2) is 4.98 Å². The molecule has 1 aliphatic rings. The van der Waals surface area contributed by atoms with Crippen LogP contribution in [0.5, 0.6) is 0 Å². The number of thioether (sulfide) groups is 2. The molecule has 8 rings (SSSR count). The van der Waals surface area contributed by atoms with Gasteiger partial charge in [-0.1, -0.05) is 71.5 Å². The number of hydrogen-bond acceptors (Lipinski definition) is 8. The van der Waals surface area contributed by atoms with Crippen molar-refractivity contribution in [2.75, 3.05) is 16.8 Å². The van der Waals surface area contributed by atoms with E-state index in [-0.39, 0.29) is 17.6 Å². The lowest BCUT2D eigenvalue weighted by atomic mass is 9.96. The molecular weight excluding hydrogens is 692 g/mol. The van der Waals surface area contributed by atoms with Crippen LogP contribution in [0.4, 0.5) is 5.69 Å². The summed E-state index contributed by atoms with van der Waals surface area (Å²) in [6.45, 7) is 0. The van der Waals surface area contributed by atoms with Gasteiger partial charge in [-0.05, 0) is 91.9 Å². The Kier molecular flexibility index (Phi) is 8.98. The number of aryl methyl sites for hydroxylation is 1. The number of aromatic nitrogens is 5. The first kappa shape index (κ1) is 31.8. The Labute approximate surface area is 299 Å². The number of anilines is 1. The molecule has 244 valence electrons. The number of carbonyl (C=O) groups is 2. The van der Waals surface area contributed by atoms with Crippen LogP contribution in [0.2, 0.25) is 5.02 Å². The molecule has 1 amide bonds. The molecule has 0 atom stereocenters. The number of thiazole rings is 1.